The molecule has 7 heteroatoms. The van der Waals surface area contributed by atoms with E-state index in [0.29, 0.717) is 5.57 Å². The first-order chi connectivity index (χ1) is 11.3. The molecule has 0 saturated carbocycles. The second kappa shape index (κ2) is 6.49. The first-order valence-electron chi connectivity index (χ1n) is 6.90. The zero-order valence-corrected chi connectivity index (χ0v) is 12.4. The standard InChI is InChI=1S/C16H13N7/c1-11-2-7-15(19-9-11)12-3-5-14(6-4-12)18-10-13(8-17)16-20-22-23-21-16/h2-7,9-10,18H,1H3,(H,20,21,22,23). The van der Waals surface area contributed by atoms with Crippen LogP contribution in [0.15, 0.2) is 48.8 Å². The van der Waals surface area contributed by atoms with Crippen molar-refractivity contribution in [3.05, 3.63) is 60.2 Å². The highest BCUT2D eigenvalue weighted by molar-refractivity contribution is 5.74. The highest BCUT2D eigenvalue weighted by Gasteiger charge is 2.05. The van der Waals surface area contributed by atoms with Gasteiger partial charge in [-0.25, -0.2) is 0 Å². The zero-order valence-electron chi connectivity index (χ0n) is 12.4. The van der Waals surface area contributed by atoms with Crippen molar-refractivity contribution in [2.45, 2.75) is 6.92 Å². The van der Waals surface area contributed by atoms with Gasteiger partial charge in [0.1, 0.15) is 11.6 Å². The number of nitrogens with one attached hydrogen (secondary N) is 2. The molecule has 0 radical (unpaired) electrons. The van der Waals surface area contributed by atoms with E-state index in [0.717, 1.165) is 22.5 Å². The normalized spacial score (nSPS) is 11.0. The fraction of sp³-hybridized carbons (Fsp3) is 0.0625. The van der Waals surface area contributed by atoms with Crippen LogP contribution in [-0.2, 0) is 0 Å². The molecule has 3 aromatic rings. The number of nitrogens with zero attached hydrogens (tertiary/aromatic N) is 5. The number of allylic oxidation sites excluding steroid dienone is 1. The van der Waals surface area contributed by atoms with E-state index in [1.807, 2.05) is 55.6 Å². The van der Waals surface area contributed by atoms with Gasteiger partial charge in [0.15, 0.2) is 0 Å². The summed E-state index contributed by atoms with van der Waals surface area (Å²) in [4.78, 5) is 4.40. The van der Waals surface area contributed by atoms with E-state index in [2.05, 4.69) is 30.9 Å². The summed E-state index contributed by atoms with van der Waals surface area (Å²) < 4.78 is 0. The maximum absolute atomic E-state index is 9.10. The molecule has 0 saturated heterocycles. The van der Waals surface area contributed by atoms with Crippen molar-refractivity contribution in [1.82, 2.24) is 25.6 Å². The van der Waals surface area contributed by atoms with Crippen LogP contribution in [0.3, 0.4) is 0 Å². The molecule has 7 nitrogen and oxygen atoms in total. The lowest BCUT2D eigenvalue weighted by molar-refractivity contribution is 0.881. The number of pyridine rings is 1. The molecule has 2 N–H and O–H groups in total. The average molecular weight is 303 g/mol. The van der Waals surface area contributed by atoms with Gasteiger partial charge in [-0.2, -0.15) is 10.5 Å². The Balaban J connectivity index is 1.75. The third-order valence-electron chi connectivity index (χ3n) is 3.18. The highest BCUT2D eigenvalue weighted by Crippen LogP contribution is 2.20. The molecule has 0 aliphatic rings. The lowest BCUT2D eigenvalue weighted by Crippen LogP contribution is -1.93. The number of aromatic amines is 1. The predicted molar refractivity (Wildman–Crippen MR) is 85.8 cm³/mol. The summed E-state index contributed by atoms with van der Waals surface area (Å²) in [7, 11) is 0. The molecule has 0 fully saturated rings. The van der Waals surface area contributed by atoms with Gasteiger partial charge in [-0.1, -0.05) is 18.2 Å². The summed E-state index contributed by atoms with van der Waals surface area (Å²) in [6.07, 6.45) is 3.39. The monoisotopic (exact) mass is 303 g/mol. The fourth-order valence-electron chi connectivity index (χ4n) is 1.95. The topological polar surface area (TPSA) is 103 Å². The molecule has 23 heavy (non-hydrogen) atoms. The molecule has 0 bridgehead atoms. The summed E-state index contributed by atoms with van der Waals surface area (Å²) in [5.74, 6) is 0.250. The molecule has 0 unspecified atom stereocenters. The van der Waals surface area contributed by atoms with Gasteiger partial charge < -0.3 is 5.32 Å². The van der Waals surface area contributed by atoms with Crippen molar-refractivity contribution in [2.24, 2.45) is 0 Å². The van der Waals surface area contributed by atoms with Gasteiger partial charge in [0.05, 0.1) is 5.69 Å². The third kappa shape index (κ3) is 3.39. The molecular weight excluding hydrogens is 290 g/mol. The van der Waals surface area contributed by atoms with E-state index in [1.54, 1.807) is 6.20 Å². The van der Waals surface area contributed by atoms with E-state index < -0.39 is 0 Å². The largest absolute Gasteiger partial charge is 0.360 e. The first kappa shape index (κ1) is 14.4. The van der Waals surface area contributed by atoms with Gasteiger partial charge in [0, 0.05) is 23.6 Å². The van der Waals surface area contributed by atoms with Crippen molar-refractivity contribution in [3.8, 4) is 17.3 Å². The molecule has 2 aromatic heterocycles. The van der Waals surface area contributed by atoms with Gasteiger partial charge in [-0.3, -0.25) is 4.98 Å². The number of aryl methyl sites for hydroxylation is 1. The maximum atomic E-state index is 9.10. The van der Waals surface area contributed by atoms with Gasteiger partial charge >= 0.3 is 0 Å². The number of nitriles is 1. The lowest BCUT2D eigenvalue weighted by atomic mass is 10.1. The smallest absolute Gasteiger partial charge is 0.216 e. The van der Waals surface area contributed by atoms with Crippen LogP contribution in [-0.4, -0.2) is 25.6 Å². The lowest BCUT2D eigenvalue weighted by Gasteiger charge is -2.04. The Morgan fingerprint density at radius 2 is 2.04 bits per heavy atom. The van der Waals surface area contributed by atoms with Gasteiger partial charge in [-0.05, 0) is 35.9 Å². The summed E-state index contributed by atoms with van der Waals surface area (Å²) in [5, 5.41) is 25.4. The summed E-state index contributed by atoms with van der Waals surface area (Å²) in [6, 6.07) is 13.8. The van der Waals surface area contributed by atoms with E-state index >= 15 is 0 Å². The Bertz CT molecular complexity index is 841. The van der Waals surface area contributed by atoms with E-state index in [9.17, 15) is 0 Å². The Morgan fingerprint density at radius 1 is 1.22 bits per heavy atom. The predicted octanol–water partition coefficient (Wildman–Crippen LogP) is 2.55. The maximum Gasteiger partial charge on any atom is 0.216 e. The molecule has 0 atom stereocenters. The number of aromatic nitrogens is 5. The molecule has 1 aromatic carbocycles. The van der Waals surface area contributed by atoms with Gasteiger partial charge in [-0.15, -0.1) is 10.2 Å². The van der Waals surface area contributed by atoms with Crippen LogP contribution in [0.25, 0.3) is 16.8 Å². The molecular formula is C16H13N7. The van der Waals surface area contributed by atoms with Crippen LogP contribution in [0.2, 0.25) is 0 Å². The number of benzene rings is 1. The minimum absolute atomic E-state index is 0.250. The van der Waals surface area contributed by atoms with Crippen LogP contribution in [0.4, 0.5) is 5.69 Å². The molecule has 0 spiro atoms. The molecule has 0 amide bonds. The van der Waals surface area contributed by atoms with Crippen LogP contribution in [0, 0.1) is 18.3 Å². The Hall–Kier alpha value is -3.53. The van der Waals surface area contributed by atoms with Crippen molar-refractivity contribution in [2.75, 3.05) is 5.32 Å². The van der Waals surface area contributed by atoms with E-state index in [-0.39, 0.29) is 5.82 Å². The summed E-state index contributed by atoms with van der Waals surface area (Å²) in [5.41, 5.74) is 4.21. The van der Waals surface area contributed by atoms with Gasteiger partial charge in [0.25, 0.3) is 0 Å². The number of tetrazole rings is 1. The number of hydrogen-bond donors (Lipinski definition) is 2. The van der Waals surface area contributed by atoms with Crippen LogP contribution in [0.5, 0.6) is 0 Å². The van der Waals surface area contributed by atoms with Crippen LogP contribution in [0.1, 0.15) is 11.4 Å². The fourth-order valence-corrected chi connectivity index (χ4v) is 1.95. The quantitative estimate of drug-likeness (QED) is 0.718. The van der Waals surface area contributed by atoms with Crippen molar-refractivity contribution in [3.63, 3.8) is 0 Å². The summed E-state index contributed by atoms with van der Waals surface area (Å²) >= 11 is 0. The molecule has 112 valence electrons. The van der Waals surface area contributed by atoms with Crippen molar-refractivity contribution in [1.29, 1.82) is 5.26 Å². The second-order valence-electron chi connectivity index (χ2n) is 4.85. The SMILES string of the molecule is Cc1ccc(-c2ccc(NC=C(C#N)c3nn[nH]n3)cc2)nc1. The second-order valence-corrected chi connectivity index (χ2v) is 4.85. The van der Waals surface area contributed by atoms with Crippen molar-refractivity contribution < 1.29 is 0 Å². The number of H-pyrrole nitrogens is 1. The third-order valence-corrected chi connectivity index (χ3v) is 3.18. The Morgan fingerprint density at radius 3 is 2.65 bits per heavy atom. The van der Waals surface area contributed by atoms with Crippen molar-refractivity contribution >= 4 is 11.3 Å². The average Bonchev–Trinajstić information content (AvgIpc) is 3.11. The minimum atomic E-state index is 0.250. The Kier molecular flexibility index (Phi) is 4.07. The highest BCUT2D eigenvalue weighted by atomic mass is 15.5. The summed E-state index contributed by atoms with van der Waals surface area (Å²) in [6.45, 7) is 2.01. The van der Waals surface area contributed by atoms with Crippen LogP contribution < -0.4 is 5.32 Å². The first-order valence-corrected chi connectivity index (χ1v) is 6.90. The number of rotatable bonds is 4. The zero-order chi connectivity index (χ0) is 16.1. The van der Waals surface area contributed by atoms with E-state index in [4.69, 9.17) is 5.26 Å². The van der Waals surface area contributed by atoms with E-state index in [1.165, 1.54) is 0 Å². The minimum Gasteiger partial charge on any atom is -0.360 e. The number of hydrogen-bond acceptors (Lipinski definition) is 6. The molecule has 0 aliphatic carbocycles. The molecule has 3 rings (SSSR count). The van der Waals surface area contributed by atoms with Gasteiger partial charge in [0.2, 0.25) is 5.82 Å². The number of anilines is 1. The van der Waals surface area contributed by atoms with Crippen LogP contribution >= 0.6 is 0 Å². The Labute approximate surface area is 132 Å². The molecule has 2 heterocycles. The molecule has 0 aliphatic heterocycles.